The van der Waals surface area contributed by atoms with Crippen LogP contribution in [-0.4, -0.2) is 67.3 Å². The molecule has 2 rings (SSSR count). The lowest BCUT2D eigenvalue weighted by molar-refractivity contribution is 0.00604. The van der Waals surface area contributed by atoms with Gasteiger partial charge in [0.25, 0.3) is 5.91 Å². The van der Waals surface area contributed by atoms with Gasteiger partial charge in [-0.1, -0.05) is 15.9 Å². The quantitative estimate of drug-likeness (QED) is 0.715. The monoisotopic (exact) mass is 442 g/mol. The Labute approximate surface area is 168 Å². The van der Waals surface area contributed by atoms with Gasteiger partial charge in [-0.05, 0) is 39.8 Å². The molecule has 7 nitrogen and oxygen atoms in total. The maximum Gasteiger partial charge on any atom is 0.410 e. The largest absolute Gasteiger partial charge is 0.496 e. The Balaban J connectivity index is 2.19. The van der Waals surface area contributed by atoms with Gasteiger partial charge in [-0.2, -0.15) is 0 Å². The molecule has 1 atom stereocenters. The first-order valence-electron chi connectivity index (χ1n) is 8.77. The fourth-order valence-corrected chi connectivity index (χ4v) is 3.40. The van der Waals surface area contributed by atoms with E-state index < -0.39 is 5.60 Å². The molecule has 1 fully saturated rings. The third-order valence-corrected chi connectivity index (χ3v) is 4.68. The standard InChI is InChI=1S/C19H27BrN2O5/c1-12-11-21(18(24)27-19(2,3)4)7-8-22(12)17(23)16-14(25-5)9-13(20)10-15(16)26-6/h9-10,12H,7-8,11H2,1-6H3. The van der Waals surface area contributed by atoms with Crippen molar-refractivity contribution in [1.29, 1.82) is 0 Å². The van der Waals surface area contributed by atoms with Crippen LogP contribution >= 0.6 is 15.9 Å². The Hall–Kier alpha value is -1.96. The molecule has 2 amide bonds. The molecule has 0 spiro atoms. The summed E-state index contributed by atoms with van der Waals surface area (Å²) in [7, 11) is 3.03. The predicted molar refractivity (Wildman–Crippen MR) is 106 cm³/mol. The maximum absolute atomic E-state index is 13.2. The number of amides is 2. The molecule has 1 unspecified atom stereocenters. The van der Waals surface area contributed by atoms with Gasteiger partial charge in [-0.15, -0.1) is 0 Å². The number of benzene rings is 1. The fourth-order valence-electron chi connectivity index (χ4n) is 2.99. The van der Waals surface area contributed by atoms with Crippen molar-refractivity contribution >= 4 is 27.9 Å². The van der Waals surface area contributed by atoms with Gasteiger partial charge in [0.15, 0.2) is 0 Å². The number of rotatable bonds is 3. The van der Waals surface area contributed by atoms with Gasteiger partial charge in [0.1, 0.15) is 22.7 Å². The van der Waals surface area contributed by atoms with Crippen molar-refractivity contribution in [1.82, 2.24) is 9.80 Å². The molecule has 1 heterocycles. The zero-order valence-electron chi connectivity index (χ0n) is 16.7. The first kappa shape index (κ1) is 21.3. The lowest BCUT2D eigenvalue weighted by atomic mass is 10.1. The van der Waals surface area contributed by atoms with E-state index in [4.69, 9.17) is 14.2 Å². The highest BCUT2D eigenvalue weighted by atomic mass is 79.9. The molecular weight excluding hydrogens is 416 g/mol. The number of hydrogen-bond acceptors (Lipinski definition) is 5. The van der Waals surface area contributed by atoms with Gasteiger partial charge in [0.05, 0.1) is 14.2 Å². The van der Waals surface area contributed by atoms with Crippen molar-refractivity contribution in [3.8, 4) is 11.5 Å². The molecule has 1 aromatic rings. The molecule has 0 N–H and O–H groups in total. The smallest absolute Gasteiger partial charge is 0.410 e. The van der Waals surface area contributed by atoms with Crippen molar-refractivity contribution < 1.29 is 23.8 Å². The number of carbonyl (C=O) groups is 2. The average Bonchev–Trinajstić information content (AvgIpc) is 2.58. The van der Waals surface area contributed by atoms with Gasteiger partial charge in [0, 0.05) is 30.1 Å². The zero-order valence-corrected chi connectivity index (χ0v) is 18.3. The number of hydrogen-bond donors (Lipinski definition) is 0. The van der Waals surface area contributed by atoms with Crippen molar-refractivity contribution in [2.75, 3.05) is 33.9 Å². The fraction of sp³-hybridized carbons (Fsp3) is 0.579. The van der Waals surface area contributed by atoms with Crippen LogP contribution in [0.3, 0.4) is 0 Å². The van der Waals surface area contributed by atoms with Crippen LogP contribution < -0.4 is 9.47 Å². The summed E-state index contributed by atoms with van der Waals surface area (Å²) < 4.78 is 17.0. The first-order chi connectivity index (χ1) is 12.6. The highest BCUT2D eigenvalue weighted by Crippen LogP contribution is 2.34. The van der Waals surface area contributed by atoms with Crippen LogP contribution in [0.1, 0.15) is 38.1 Å². The molecule has 0 saturated carbocycles. The summed E-state index contributed by atoms with van der Waals surface area (Å²) in [6.07, 6.45) is -0.361. The number of methoxy groups -OCH3 is 2. The predicted octanol–water partition coefficient (Wildman–Crippen LogP) is 3.55. The molecule has 1 aliphatic rings. The van der Waals surface area contributed by atoms with Crippen molar-refractivity contribution in [3.05, 3.63) is 22.2 Å². The Morgan fingerprint density at radius 1 is 1.11 bits per heavy atom. The average molecular weight is 443 g/mol. The van der Waals surface area contributed by atoms with E-state index in [9.17, 15) is 9.59 Å². The summed E-state index contributed by atoms with van der Waals surface area (Å²) in [5.41, 5.74) is -0.174. The van der Waals surface area contributed by atoms with Crippen LogP contribution in [-0.2, 0) is 4.74 Å². The number of piperazine rings is 1. The van der Waals surface area contributed by atoms with Crippen molar-refractivity contribution in [2.45, 2.75) is 39.3 Å². The summed E-state index contributed by atoms with van der Waals surface area (Å²) in [5.74, 6) is 0.688. The third-order valence-electron chi connectivity index (χ3n) is 4.22. The Morgan fingerprint density at radius 2 is 1.67 bits per heavy atom. The van der Waals surface area contributed by atoms with Crippen LogP contribution in [0, 0.1) is 0 Å². The molecular formula is C19H27BrN2O5. The van der Waals surface area contributed by atoms with Crippen LogP contribution in [0.5, 0.6) is 11.5 Å². The second-order valence-electron chi connectivity index (χ2n) is 7.46. The molecule has 0 aliphatic carbocycles. The highest BCUT2D eigenvalue weighted by Gasteiger charge is 2.34. The van der Waals surface area contributed by atoms with Crippen molar-refractivity contribution in [3.63, 3.8) is 0 Å². The van der Waals surface area contributed by atoms with Gasteiger partial charge < -0.3 is 24.0 Å². The summed E-state index contributed by atoms with van der Waals surface area (Å²) in [6, 6.07) is 3.30. The zero-order chi connectivity index (χ0) is 20.4. The van der Waals surface area contributed by atoms with E-state index in [0.29, 0.717) is 36.7 Å². The maximum atomic E-state index is 13.2. The van der Waals surface area contributed by atoms with Crippen LogP contribution in [0.15, 0.2) is 16.6 Å². The van der Waals surface area contributed by atoms with Gasteiger partial charge >= 0.3 is 6.09 Å². The summed E-state index contributed by atoms with van der Waals surface area (Å²) in [6.45, 7) is 8.63. The minimum absolute atomic E-state index is 0.170. The first-order valence-corrected chi connectivity index (χ1v) is 9.57. The minimum Gasteiger partial charge on any atom is -0.496 e. The second kappa shape index (κ2) is 8.37. The minimum atomic E-state index is -0.550. The van der Waals surface area contributed by atoms with Gasteiger partial charge in [-0.25, -0.2) is 4.79 Å². The molecule has 1 saturated heterocycles. The van der Waals surface area contributed by atoms with Gasteiger partial charge in [-0.3, -0.25) is 4.79 Å². The SMILES string of the molecule is COc1cc(Br)cc(OC)c1C(=O)N1CCN(C(=O)OC(C)(C)C)CC1C. The van der Waals surface area contributed by atoms with E-state index in [1.165, 1.54) is 14.2 Å². The van der Waals surface area contributed by atoms with Crippen LogP contribution in [0.25, 0.3) is 0 Å². The number of halogens is 1. The number of carbonyl (C=O) groups excluding carboxylic acids is 2. The topological polar surface area (TPSA) is 68.3 Å². The van der Waals surface area contributed by atoms with Crippen LogP contribution in [0.2, 0.25) is 0 Å². The Kier molecular flexibility index (Phi) is 6.62. The summed E-state index contributed by atoms with van der Waals surface area (Å²) in [5, 5.41) is 0. The Morgan fingerprint density at radius 3 is 2.11 bits per heavy atom. The van der Waals surface area contributed by atoms with E-state index in [2.05, 4.69) is 15.9 Å². The molecule has 1 aromatic carbocycles. The second-order valence-corrected chi connectivity index (χ2v) is 8.37. The lowest BCUT2D eigenvalue weighted by Crippen LogP contribution is -2.56. The van der Waals surface area contributed by atoms with Crippen molar-refractivity contribution in [2.24, 2.45) is 0 Å². The van der Waals surface area contributed by atoms with E-state index in [1.807, 2.05) is 27.7 Å². The van der Waals surface area contributed by atoms with E-state index in [-0.39, 0.29) is 18.0 Å². The third kappa shape index (κ3) is 5.06. The molecule has 8 heteroatoms. The molecule has 27 heavy (non-hydrogen) atoms. The molecule has 150 valence electrons. The van der Waals surface area contributed by atoms with Crippen LogP contribution in [0.4, 0.5) is 4.79 Å². The summed E-state index contributed by atoms with van der Waals surface area (Å²) in [4.78, 5) is 28.9. The van der Waals surface area contributed by atoms with E-state index in [0.717, 1.165) is 4.47 Å². The lowest BCUT2D eigenvalue weighted by Gasteiger charge is -2.40. The van der Waals surface area contributed by atoms with E-state index in [1.54, 1.807) is 21.9 Å². The number of nitrogens with zero attached hydrogens (tertiary/aromatic N) is 2. The molecule has 0 bridgehead atoms. The molecule has 1 aliphatic heterocycles. The number of ether oxygens (including phenoxy) is 3. The van der Waals surface area contributed by atoms with Gasteiger partial charge in [0.2, 0.25) is 0 Å². The highest BCUT2D eigenvalue weighted by molar-refractivity contribution is 9.10. The molecule has 0 radical (unpaired) electrons. The normalized spacial score (nSPS) is 17.5. The molecule has 0 aromatic heterocycles. The summed E-state index contributed by atoms with van der Waals surface area (Å²) >= 11 is 3.39. The Bertz CT molecular complexity index is 692. The van der Waals surface area contributed by atoms with E-state index >= 15 is 0 Å².